The Kier molecular flexibility index (Phi) is 9.40. The van der Waals surface area contributed by atoms with Crippen molar-refractivity contribution >= 4 is 26.8 Å². The number of nitrogens with one attached hydrogen (secondary N) is 2. The van der Waals surface area contributed by atoms with E-state index < -0.39 is 10.0 Å². The molecule has 206 valence electrons. The molecule has 8 nitrogen and oxygen atoms in total. The number of aryl methyl sites for hydroxylation is 1. The molecule has 0 spiro atoms. The minimum atomic E-state index is -3.63. The quantitative estimate of drug-likeness (QED) is 0.339. The lowest BCUT2D eigenvalue weighted by atomic mass is 10.1. The molecule has 1 aliphatic heterocycles. The smallest absolute Gasteiger partial charge is 0.240 e. The molecule has 0 bridgehead atoms. The number of amides is 1. The Morgan fingerprint density at radius 2 is 1.82 bits per heavy atom. The van der Waals surface area contributed by atoms with Crippen LogP contribution in [-0.4, -0.2) is 75.0 Å². The Morgan fingerprint density at radius 1 is 1.08 bits per heavy atom. The van der Waals surface area contributed by atoms with E-state index in [0.29, 0.717) is 25.2 Å². The summed E-state index contributed by atoms with van der Waals surface area (Å²) in [5, 5.41) is 0.823. The number of aromatic amines is 1. The number of nitrogens with zero attached hydrogens (tertiary/aromatic N) is 2. The van der Waals surface area contributed by atoms with Crippen molar-refractivity contribution in [3.05, 3.63) is 60.0 Å². The summed E-state index contributed by atoms with van der Waals surface area (Å²) in [5.74, 6) is 0.594. The number of piperazine rings is 1. The number of hydrogen-bond acceptors (Lipinski definition) is 5. The highest BCUT2D eigenvalue weighted by atomic mass is 32.2. The highest BCUT2D eigenvalue weighted by Crippen LogP contribution is 2.21. The second-order valence-corrected chi connectivity index (χ2v) is 11.8. The van der Waals surface area contributed by atoms with Gasteiger partial charge in [-0.2, -0.15) is 0 Å². The summed E-state index contributed by atoms with van der Waals surface area (Å²) in [7, 11) is -3.63. The first-order valence-corrected chi connectivity index (χ1v) is 14.7. The van der Waals surface area contributed by atoms with Crippen molar-refractivity contribution in [1.29, 1.82) is 0 Å². The summed E-state index contributed by atoms with van der Waals surface area (Å²) >= 11 is 0. The summed E-state index contributed by atoms with van der Waals surface area (Å²) in [6.07, 6.45) is 3.91. The number of benzene rings is 2. The maximum atomic E-state index is 13.5. The van der Waals surface area contributed by atoms with Gasteiger partial charge in [0.1, 0.15) is 11.6 Å². The minimum absolute atomic E-state index is 0.0382. The van der Waals surface area contributed by atoms with Gasteiger partial charge in [0, 0.05) is 62.3 Å². The third-order valence-electron chi connectivity index (χ3n) is 6.84. The fraction of sp³-hybridized carbons (Fsp3) is 0.464. The zero-order valence-corrected chi connectivity index (χ0v) is 22.9. The van der Waals surface area contributed by atoms with E-state index in [0.717, 1.165) is 55.6 Å². The molecule has 1 aromatic heterocycles. The monoisotopic (exact) mass is 544 g/mol. The van der Waals surface area contributed by atoms with Crippen LogP contribution in [0.25, 0.3) is 10.9 Å². The Morgan fingerprint density at radius 3 is 2.53 bits per heavy atom. The number of hydrogen-bond donors (Lipinski definition) is 2. The van der Waals surface area contributed by atoms with Gasteiger partial charge < -0.3 is 14.6 Å². The third kappa shape index (κ3) is 7.33. The second-order valence-electron chi connectivity index (χ2n) is 10.0. The van der Waals surface area contributed by atoms with Gasteiger partial charge in [-0.1, -0.05) is 13.8 Å². The van der Waals surface area contributed by atoms with E-state index in [1.165, 1.54) is 12.1 Å². The molecule has 0 radical (unpaired) electrons. The van der Waals surface area contributed by atoms with Gasteiger partial charge in [-0.15, -0.1) is 0 Å². The second kappa shape index (κ2) is 12.7. The van der Waals surface area contributed by atoms with Gasteiger partial charge in [0.25, 0.3) is 0 Å². The number of H-pyrrole nitrogens is 1. The Hall–Kier alpha value is -2.95. The molecule has 1 fully saturated rings. The molecule has 3 aromatic rings. The van der Waals surface area contributed by atoms with Crippen LogP contribution in [0.5, 0.6) is 5.75 Å². The van der Waals surface area contributed by atoms with E-state index in [9.17, 15) is 17.6 Å². The largest absolute Gasteiger partial charge is 0.494 e. The fourth-order valence-corrected chi connectivity index (χ4v) is 5.75. The van der Waals surface area contributed by atoms with E-state index in [2.05, 4.69) is 14.6 Å². The van der Waals surface area contributed by atoms with E-state index in [-0.39, 0.29) is 29.1 Å². The van der Waals surface area contributed by atoms with Crippen molar-refractivity contribution < 1.29 is 22.3 Å². The van der Waals surface area contributed by atoms with Gasteiger partial charge in [-0.25, -0.2) is 17.5 Å². The molecule has 1 aliphatic rings. The Balaban J connectivity index is 1.15. The molecule has 10 heteroatoms. The summed E-state index contributed by atoms with van der Waals surface area (Å²) < 4.78 is 47.3. The molecule has 0 aliphatic carbocycles. The molecule has 1 amide bonds. The maximum Gasteiger partial charge on any atom is 0.240 e. The van der Waals surface area contributed by atoms with E-state index in [1.807, 2.05) is 24.9 Å². The molecule has 2 N–H and O–H groups in total. The van der Waals surface area contributed by atoms with Crippen molar-refractivity contribution in [3.63, 3.8) is 0 Å². The summed E-state index contributed by atoms with van der Waals surface area (Å²) in [6, 6.07) is 11.0. The molecule has 2 aromatic carbocycles. The van der Waals surface area contributed by atoms with Crippen LogP contribution in [-0.2, 0) is 21.2 Å². The van der Waals surface area contributed by atoms with Crippen LogP contribution in [0.2, 0.25) is 0 Å². The lowest BCUT2D eigenvalue weighted by Gasteiger charge is -2.35. The summed E-state index contributed by atoms with van der Waals surface area (Å²) in [5.41, 5.74) is 1.82. The number of halogens is 1. The van der Waals surface area contributed by atoms with E-state index >= 15 is 0 Å². The van der Waals surface area contributed by atoms with Crippen molar-refractivity contribution in [2.75, 3.05) is 45.9 Å². The highest BCUT2D eigenvalue weighted by Gasteiger charge is 2.22. The van der Waals surface area contributed by atoms with Gasteiger partial charge in [-0.3, -0.25) is 9.69 Å². The van der Waals surface area contributed by atoms with Crippen LogP contribution in [0.4, 0.5) is 4.39 Å². The first kappa shape index (κ1) is 28.1. The molecule has 4 rings (SSSR count). The van der Waals surface area contributed by atoms with Crippen molar-refractivity contribution in [1.82, 2.24) is 19.5 Å². The van der Waals surface area contributed by atoms with Gasteiger partial charge >= 0.3 is 0 Å². The summed E-state index contributed by atoms with van der Waals surface area (Å²) in [4.78, 5) is 19.7. The standard InChI is InChI=1S/C28H37FN4O4S/c1-21(2)28(34)33-16-14-32(15-17-33)13-4-18-37-24-7-9-25(10-8-24)38(35,36)31-12-3-5-22-20-30-27-11-6-23(29)19-26(22)27/h6-11,19-21,30-31H,3-5,12-18H2,1-2H3. The number of rotatable bonds is 12. The normalized spacial score (nSPS) is 14.9. The minimum Gasteiger partial charge on any atom is -0.494 e. The number of carbonyl (C=O) groups excluding carboxylic acids is 1. The molecule has 1 saturated heterocycles. The van der Waals surface area contributed by atoms with E-state index in [4.69, 9.17) is 4.74 Å². The zero-order chi connectivity index (χ0) is 27.1. The predicted molar refractivity (Wildman–Crippen MR) is 146 cm³/mol. The van der Waals surface area contributed by atoms with Crippen molar-refractivity contribution in [3.8, 4) is 5.75 Å². The lowest BCUT2D eigenvalue weighted by Crippen LogP contribution is -2.50. The van der Waals surface area contributed by atoms with Crippen LogP contribution in [0.3, 0.4) is 0 Å². The van der Waals surface area contributed by atoms with Gasteiger partial charge in [-0.05, 0) is 67.3 Å². The first-order valence-electron chi connectivity index (χ1n) is 13.2. The Labute approximate surface area is 224 Å². The lowest BCUT2D eigenvalue weighted by molar-refractivity contribution is -0.136. The molecule has 0 unspecified atom stereocenters. The fourth-order valence-electron chi connectivity index (χ4n) is 4.68. The third-order valence-corrected chi connectivity index (χ3v) is 8.32. The zero-order valence-electron chi connectivity index (χ0n) is 22.1. The van der Waals surface area contributed by atoms with Crippen LogP contribution in [0, 0.1) is 11.7 Å². The highest BCUT2D eigenvalue weighted by molar-refractivity contribution is 7.89. The number of carbonyl (C=O) groups is 1. The van der Waals surface area contributed by atoms with Crippen molar-refractivity contribution in [2.45, 2.75) is 38.0 Å². The number of fused-ring (bicyclic) bond motifs is 1. The predicted octanol–water partition coefficient (Wildman–Crippen LogP) is 3.79. The van der Waals surface area contributed by atoms with Crippen molar-refractivity contribution in [2.24, 2.45) is 5.92 Å². The number of aromatic nitrogens is 1. The van der Waals surface area contributed by atoms with Gasteiger partial charge in [0.2, 0.25) is 15.9 Å². The number of sulfonamides is 1. The molecular formula is C28H37FN4O4S. The average Bonchev–Trinajstić information content (AvgIpc) is 3.31. The molecule has 38 heavy (non-hydrogen) atoms. The number of ether oxygens (including phenoxy) is 1. The topological polar surface area (TPSA) is 94.7 Å². The first-order chi connectivity index (χ1) is 18.2. The van der Waals surface area contributed by atoms with Crippen LogP contribution >= 0.6 is 0 Å². The van der Waals surface area contributed by atoms with Crippen LogP contribution in [0.15, 0.2) is 53.6 Å². The van der Waals surface area contributed by atoms with Gasteiger partial charge in [0.15, 0.2) is 0 Å². The maximum absolute atomic E-state index is 13.5. The van der Waals surface area contributed by atoms with Crippen LogP contribution < -0.4 is 9.46 Å². The molecule has 0 atom stereocenters. The van der Waals surface area contributed by atoms with Crippen LogP contribution in [0.1, 0.15) is 32.3 Å². The molecule has 0 saturated carbocycles. The van der Waals surface area contributed by atoms with E-state index in [1.54, 1.807) is 30.3 Å². The SMILES string of the molecule is CC(C)C(=O)N1CCN(CCCOc2ccc(S(=O)(=O)NCCCc3c[nH]c4ccc(F)cc34)cc2)CC1. The summed E-state index contributed by atoms with van der Waals surface area (Å²) in [6.45, 7) is 8.86. The molecule has 2 heterocycles. The van der Waals surface area contributed by atoms with Gasteiger partial charge in [0.05, 0.1) is 11.5 Å². The average molecular weight is 545 g/mol. The Bertz CT molecular complexity index is 1320. The molecular weight excluding hydrogens is 507 g/mol.